The van der Waals surface area contributed by atoms with Crippen molar-refractivity contribution in [2.45, 2.75) is 31.2 Å². The van der Waals surface area contributed by atoms with Gasteiger partial charge in [-0.05, 0) is 56.8 Å². The molecule has 2 saturated heterocycles. The second-order valence-electron chi connectivity index (χ2n) is 7.63. The number of hydrogen-bond acceptors (Lipinski definition) is 8. The maximum absolute atomic E-state index is 10.2. The molecule has 0 radical (unpaired) electrons. The molecular formula is C20H26N8O. The Morgan fingerprint density at radius 1 is 1.48 bits per heavy atom. The lowest BCUT2D eigenvalue weighted by molar-refractivity contribution is 0.0985. The first kappa shape index (κ1) is 19.4. The normalized spacial score (nSPS) is 22.1. The standard InChI is InChI=1S/C20H26N8O/c1-14-12-29-9-8-27(14)18-10-16(20(13-22)3-6-24-7-4-20)15-11-25-28(19(15)26-18)17(23)2-5-21/h2,5,10-11,14,23-24H,3-4,6-9,12,21H2,1H3/b5-2-,23-17?/t14-/m1/s1. The van der Waals surface area contributed by atoms with Gasteiger partial charge in [0.15, 0.2) is 5.65 Å². The summed E-state index contributed by atoms with van der Waals surface area (Å²) >= 11 is 0. The largest absolute Gasteiger partial charge is 0.404 e. The van der Waals surface area contributed by atoms with Crippen LogP contribution in [-0.4, -0.2) is 59.5 Å². The van der Waals surface area contributed by atoms with Gasteiger partial charge in [-0.2, -0.15) is 15.0 Å². The average Bonchev–Trinajstić information content (AvgIpc) is 3.18. The fourth-order valence-electron chi connectivity index (χ4n) is 4.23. The van der Waals surface area contributed by atoms with Crippen molar-refractivity contribution in [3.63, 3.8) is 0 Å². The zero-order valence-corrected chi connectivity index (χ0v) is 16.6. The van der Waals surface area contributed by atoms with Crippen LogP contribution in [0.3, 0.4) is 0 Å². The Bertz CT molecular complexity index is 982. The van der Waals surface area contributed by atoms with E-state index in [-0.39, 0.29) is 11.9 Å². The molecule has 4 N–H and O–H groups in total. The minimum absolute atomic E-state index is 0.129. The number of fused-ring (bicyclic) bond motifs is 1. The summed E-state index contributed by atoms with van der Waals surface area (Å²) < 4.78 is 7.06. The molecule has 2 aromatic heterocycles. The molecule has 2 aliphatic heterocycles. The van der Waals surface area contributed by atoms with Crippen LogP contribution in [0.4, 0.5) is 5.82 Å². The number of hydrogen-bond donors (Lipinski definition) is 3. The SMILES string of the molecule is C[C@@H]1COCCN1c1cc(C2(C#N)CCNCC2)c2cnn(C(=N)/C=C\N)c2n1. The van der Waals surface area contributed by atoms with Crippen molar-refractivity contribution in [3.05, 3.63) is 30.1 Å². The molecular weight excluding hydrogens is 368 g/mol. The molecule has 4 rings (SSSR count). The zero-order chi connectivity index (χ0) is 20.4. The van der Waals surface area contributed by atoms with Crippen LogP contribution >= 0.6 is 0 Å². The molecule has 2 aliphatic rings. The summed E-state index contributed by atoms with van der Waals surface area (Å²) in [6, 6.07) is 4.82. The van der Waals surface area contributed by atoms with Gasteiger partial charge >= 0.3 is 0 Å². The molecule has 4 heterocycles. The number of aromatic nitrogens is 3. The summed E-state index contributed by atoms with van der Waals surface area (Å²) in [6.07, 6.45) is 5.96. The first-order valence-corrected chi connectivity index (χ1v) is 9.92. The molecule has 0 aromatic carbocycles. The van der Waals surface area contributed by atoms with Crippen LogP contribution in [0.5, 0.6) is 0 Å². The Morgan fingerprint density at radius 3 is 2.97 bits per heavy atom. The Balaban J connectivity index is 1.93. The highest BCUT2D eigenvalue weighted by Crippen LogP contribution is 2.39. The quantitative estimate of drug-likeness (QED) is 0.525. The van der Waals surface area contributed by atoms with Gasteiger partial charge in [0, 0.05) is 11.9 Å². The van der Waals surface area contributed by atoms with Crippen molar-refractivity contribution in [1.82, 2.24) is 20.1 Å². The lowest BCUT2D eigenvalue weighted by atomic mass is 9.73. The first-order chi connectivity index (χ1) is 14.1. The zero-order valence-electron chi connectivity index (χ0n) is 16.6. The minimum atomic E-state index is -0.601. The molecule has 0 spiro atoms. The van der Waals surface area contributed by atoms with Crippen molar-refractivity contribution < 1.29 is 4.74 Å². The van der Waals surface area contributed by atoms with E-state index in [0.29, 0.717) is 18.9 Å². The van der Waals surface area contributed by atoms with Crippen molar-refractivity contribution >= 4 is 22.7 Å². The predicted molar refractivity (Wildman–Crippen MR) is 111 cm³/mol. The highest BCUT2D eigenvalue weighted by atomic mass is 16.5. The number of morpholine rings is 1. The Labute approximate surface area is 169 Å². The van der Waals surface area contributed by atoms with E-state index in [1.165, 1.54) is 17.0 Å². The number of anilines is 1. The Hall–Kier alpha value is -2.96. The van der Waals surface area contributed by atoms with Gasteiger partial charge in [0.25, 0.3) is 0 Å². The van der Waals surface area contributed by atoms with Crippen LogP contribution in [0.15, 0.2) is 24.5 Å². The monoisotopic (exact) mass is 394 g/mol. The van der Waals surface area contributed by atoms with E-state index in [0.717, 1.165) is 49.2 Å². The topological polar surface area (TPSA) is 129 Å². The van der Waals surface area contributed by atoms with Crippen LogP contribution in [0.2, 0.25) is 0 Å². The van der Waals surface area contributed by atoms with E-state index < -0.39 is 5.41 Å². The van der Waals surface area contributed by atoms with Gasteiger partial charge in [0.05, 0.1) is 36.9 Å². The van der Waals surface area contributed by atoms with E-state index >= 15 is 0 Å². The van der Waals surface area contributed by atoms with E-state index in [2.05, 4.69) is 28.3 Å². The molecule has 2 aromatic rings. The number of pyridine rings is 1. The second kappa shape index (κ2) is 7.81. The molecule has 9 nitrogen and oxygen atoms in total. The van der Waals surface area contributed by atoms with Gasteiger partial charge < -0.3 is 20.7 Å². The number of rotatable bonds is 3. The van der Waals surface area contributed by atoms with Crippen molar-refractivity contribution in [2.24, 2.45) is 5.73 Å². The number of piperidine rings is 1. The second-order valence-corrected chi connectivity index (χ2v) is 7.63. The number of nitrogens with one attached hydrogen (secondary N) is 2. The summed E-state index contributed by atoms with van der Waals surface area (Å²) in [5, 5.41) is 27.0. The molecule has 152 valence electrons. The maximum Gasteiger partial charge on any atom is 0.167 e. The van der Waals surface area contributed by atoms with Gasteiger partial charge in [0.1, 0.15) is 11.7 Å². The molecule has 9 heteroatoms. The summed E-state index contributed by atoms with van der Waals surface area (Å²) in [5.41, 5.74) is 6.40. The smallest absolute Gasteiger partial charge is 0.167 e. The van der Waals surface area contributed by atoms with E-state index in [1.807, 2.05) is 6.07 Å². The van der Waals surface area contributed by atoms with E-state index in [9.17, 15) is 5.26 Å². The molecule has 0 saturated carbocycles. The van der Waals surface area contributed by atoms with Gasteiger partial charge in [-0.25, -0.2) is 4.98 Å². The predicted octanol–water partition coefficient (Wildman–Crippen LogP) is 1.10. The number of ether oxygens (including phenoxy) is 1. The molecule has 1 atom stereocenters. The highest BCUT2D eigenvalue weighted by molar-refractivity contribution is 5.98. The van der Waals surface area contributed by atoms with Crippen LogP contribution in [0.1, 0.15) is 25.3 Å². The van der Waals surface area contributed by atoms with Gasteiger partial charge in [-0.1, -0.05) is 0 Å². The molecule has 0 unspecified atom stereocenters. The van der Waals surface area contributed by atoms with Crippen LogP contribution < -0.4 is 16.0 Å². The number of allylic oxidation sites excluding steroid dienone is 1. The third kappa shape index (κ3) is 3.34. The Kier molecular flexibility index (Phi) is 5.22. The summed E-state index contributed by atoms with van der Waals surface area (Å²) in [5.74, 6) is 0.923. The molecule has 0 amide bonds. The lowest BCUT2D eigenvalue weighted by Gasteiger charge is -2.36. The van der Waals surface area contributed by atoms with Crippen LogP contribution in [-0.2, 0) is 10.2 Å². The van der Waals surface area contributed by atoms with Gasteiger partial charge in [0.2, 0.25) is 0 Å². The average molecular weight is 394 g/mol. The third-order valence-electron chi connectivity index (χ3n) is 5.86. The fourth-order valence-corrected chi connectivity index (χ4v) is 4.23. The van der Waals surface area contributed by atoms with Crippen LogP contribution in [0, 0.1) is 16.7 Å². The molecule has 2 fully saturated rings. The van der Waals surface area contributed by atoms with E-state index in [4.69, 9.17) is 20.9 Å². The van der Waals surface area contributed by atoms with Crippen molar-refractivity contribution in [3.8, 4) is 6.07 Å². The van der Waals surface area contributed by atoms with E-state index in [1.54, 1.807) is 6.20 Å². The Morgan fingerprint density at radius 2 is 2.28 bits per heavy atom. The highest BCUT2D eigenvalue weighted by Gasteiger charge is 2.37. The van der Waals surface area contributed by atoms with Crippen molar-refractivity contribution in [2.75, 3.05) is 37.7 Å². The number of nitriles is 1. The third-order valence-corrected chi connectivity index (χ3v) is 5.86. The minimum Gasteiger partial charge on any atom is -0.404 e. The van der Waals surface area contributed by atoms with Crippen LogP contribution in [0.25, 0.3) is 11.0 Å². The number of nitrogens with two attached hydrogens (primary N) is 1. The summed E-state index contributed by atoms with van der Waals surface area (Å²) in [4.78, 5) is 7.07. The molecule has 0 bridgehead atoms. The first-order valence-electron chi connectivity index (χ1n) is 9.92. The summed E-state index contributed by atoms with van der Waals surface area (Å²) in [6.45, 7) is 5.69. The fraction of sp³-hybridized carbons (Fsp3) is 0.500. The van der Waals surface area contributed by atoms with Crippen molar-refractivity contribution in [1.29, 1.82) is 10.7 Å². The molecule has 0 aliphatic carbocycles. The lowest BCUT2D eigenvalue weighted by Crippen LogP contribution is -2.44. The molecule has 29 heavy (non-hydrogen) atoms. The van der Waals surface area contributed by atoms with Gasteiger partial charge in [-0.3, -0.25) is 5.41 Å². The summed E-state index contributed by atoms with van der Waals surface area (Å²) in [7, 11) is 0. The number of nitrogens with zero attached hydrogens (tertiary/aromatic N) is 5. The maximum atomic E-state index is 10.2. The van der Waals surface area contributed by atoms with Gasteiger partial charge in [-0.15, -0.1) is 0 Å².